The van der Waals surface area contributed by atoms with E-state index in [4.69, 9.17) is 0 Å². The molecule has 0 saturated heterocycles. The van der Waals surface area contributed by atoms with Gasteiger partial charge in [-0.3, -0.25) is 0 Å². The Morgan fingerprint density at radius 3 is 3.07 bits per heavy atom. The molecule has 80 valence electrons. The first-order valence-corrected chi connectivity index (χ1v) is 6.57. The van der Waals surface area contributed by atoms with Crippen molar-refractivity contribution >= 4 is 22.9 Å². The van der Waals surface area contributed by atoms with Crippen molar-refractivity contribution in [2.24, 2.45) is 0 Å². The molecule has 0 spiro atoms. The molecule has 0 unspecified atom stereocenters. The summed E-state index contributed by atoms with van der Waals surface area (Å²) in [4.78, 5) is 1.47. The Morgan fingerprint density at radius 1 is 1.47 bits per heavy atom. The van der Waals surface area contributed by atoms with Crippen LogP contribution in [0.1, 0.15) is 16.1 Å². The van der Waals surface area contributed by atoms with E-state index in [9.17, 15) is 0 Å². The summed E-state index contributed by atoms with van der Waals surface area (Å²) < 4.78 is 3.82. The molecule has 0 aliphatic carbocycles. The minimum Gasteiger partial charge on any atom is -0.311 e. The number of rotatable bonds is 5. The minimum absolute atomic E-state index is 0.820. The summed E-state index contributed by atoms with van der Waals surface area (Å²) in [6, 6.07) is 2.17. The topological polar surface area (TPSA) is 37.8 Å². The van der Waals surface area contributed by atoms with Crippen LogP contribution in [-0.2, 0) is 13.0 Å². The van der Waals surface area contributed by atoms with Crippen molar-refractivity contribution in [3.63, 3.8) is 0 Å². The van der Waals surface area contributed by atoms with Gasteiger partial charge in [0.25, 0.3) is 0 Å². The lowest BCUT2D eigenvalue weighted by Gasteiger charge is -2.01. The van der Waals surface area contributed by atoms with Crippen molar-refractivity contribution < 1.29 is 0 Å². The lowest BCUT2D eigenvalue weighted by molar-refractivity contribution is 0.675. The lowest BCUT2D eigenvalue weighted by atomic mass is 10.2. The Bertz CT molecular complexity index is 394. The summed E-state index contributed by atoms with van der Waals surface area (Å²) in [6.07, 6.45) is 1.10. The molecule has 0 atom stereocenters. The quantitative estimate of drug-likeness (QED) is 0.813. The zero-order chi connectivity index (χ0) is 10.5. The fourth-order valence-electron chi connectivity index (χ4n) is 1.34. The third-order valence-electron chi connectivity index (χ3n) is 2.21. The van der Waals surface area contributed by atoms with Crippen molar-refractivity contribution in [2.45, 2.75) is 19.9 Å². The van der Waals surface area contributed by atoms with E-state index in [1.807, 2.05) is 16.7 Å². The largest absolute Gasteiger partial charge is 0.311 e. The molecule has 0 fully saturated rings. The first kappa shape index (κ1) is 10.7. The van der Waals surface area contributed by atoms with Crippen LogP contribution in [0.4, 0.5) is 0 Å². The van der Waals surface area contributed by atoms with Crippen LogP contribution >= 0.6 is 22.9 Å². The highest BCUT2D eigenvalue weighted by Crippen LogP contribution is 2.15. The predicted molar refractivity (Wildman–Crippen MR) is 64.4 cm³/mol. The monoisotopic (exact) mass is 239 g/mol. The Labute approximate surface area is 97.3 Å². The molecule has 5 heteroatoms. The molecule has 2 aromatic rings. The maximum absolute atomic E-state index is 3.98. The third-order valence-corrected chi connectivity index (χ3v) is 3.84. The highest BCUT2D eigenvalue weighted by Gasteiger charge is 1.99. The van der Waals surface area contributed by atoms with Crippen LogP contribution in [0.5, 0.6) is 0 Å². The maximum Gasteiger partial charge on any atom is 0.0893 e. The summed E-state index contributed by atoms with van der Waals surface area (Å²) in [5.41, 5.74) is 2.43. The Hall–Kier alpha value is -0.780. The average molecular weight is 239 g/mol. The average Bonchev–Trinajstić information content (AvgIpc) is 2.85. The number of hydrogen-bond donors (Lipinski definition) is 1. The molecule has 0 aliphatic rings. The van der Waals surface area contributed by atoms with Crippen molar-refractivity contribution in [1.82, 2.24) is 14.9 Å². The van der Waals surface area contributed by atoms with Crippen molar-refractivity contribution in [2.75, 3.05) is 6.54 Å². The van der Waals surface area contributed by atoms with Crippen LogP contribution in [0, 0.1) is 6.92 Å². The fraction of sp³-hybridized carbons (Fsp3) is 0.400. The molecule has 2 aromatic heterocycles. The summed E-state index contributed by atoms with van der Waals surface area (Å²) in [5, 5.41) is 11.5. The first-order valence-electron chi connectivity index (χ1n) is 4.86. The molecule has 1 N–H and O–H groups in total. The summed E-state index contributed by atoms with van der Waals surface area (Å²) >= 11 is 3.23. The molecule has 3 nitrogen and oxygen atoms in total. The molecule has 2 heterocycles. The number of nitrogens with zero attached hydrogens (tertiary/aromatic N) is 2. The van der Waals surface area contributed by atoms with E-state index in [1.165, 1.54) is 22.0 Å². The molecule has 15 heavy (non-hydrogen) atoms. The van der Waals surface area contributed by atoms with Crippen molar-refractivity contribution in [3.8, 4) is 0 Å². The van der Waals surface area contributed by atoms with E-state index in [0.29, 0.717) is 0 Å². The Kier molecular flexibility index (Phi) is 3.82. The molecule has 0 amide bonds. The zero-order valence-electron chi connectivity index (χ0n) is 8.56. The predicted octanol–water partition coefficient (Wildman–Crippen LogP) is 2.24. The Morgan fingerprint density at radius 2 is 2.40 bits per heavy atom. The highest BCUT2D eigenvalue weighted by atomic mass is 32.1. The fourth-order valence-corrected chi connectivity index (χ4v) is 2.70. The van der Waals surface area contributed by atoms with Gasteiger partial charge < -0.3 is 5.32 Å². The molecule has 0 aliphatic heterocycles. The van der Waals surface area contributed by atoms with E-state index in [2.05, 4.69) is 33.3 Å². The van der Waals surface area contributed by atoms with E-state index >= 15 is 0 Å². The summed E-state index contributed by atoms with van der Waals surface area (Å²) in [5.74, 6) is 0. The van der Waals surface area contributed by atoms with Gasteiger partial charge >= 0.3 is 0 Å². The highest BCUT2D eigenvalue weighted by molar-refractivity contribution is 7.10. The van der Waals surface area contributed by atoms with Crippen LogP contribution < -0.4 is 5.32 Å². The van der Waals surface area contributed by atoms with E-state index in [1.54, 1.807) is 0 Å². The molecule has 0 saturated carbocycles. The van der Waals surface area contributed by atoms with Gasteiger partial charge in [-0.05, 0) is 41.9 Å². The molecule has 0 aromatic carbocycles. The minimum atomic E-state index is 0.820. The van der Waals surface area contributed by atoms with Crippen LogP contribution in [0.25, 0.3) is 0 Å². The molecule has 2 rings (SSSR count). The second-order valence-corrected chi connectivity index (χ2v) is 4.96. The van der Waals surface area contributed by atoms with Gasteiger partial charge in [0.2, 0.25) is 0 Å². The van der Waals surface area contributed by atoms with Gasteiger partial charge in [0, 0.05) is 23.3 Å². The standard InChI is InChI=1S/C10H13N3S2/c1-8-3-5-14-10(8)2-4-11-6-9-7-15-13-12-9/h3,5,7,11H,2,4,6H2,1H3. The van der Waals surface area contributed by atoms with Gasteiger partial charge in [0.1, 0.15) is 0 Å². The van der Waals surface area contributed by atoms with Crippen LogP contribution in [0.15, 0.2) is 16.8 Å². The summed E-state index contributed by atoms with van der Waals surface area (Å²) in [7, 11) is 0. The van der Waals surface area contributed by atoms with E-state index in [-0.39, 0.29) is 0 Å². The smallest absolute Gasteiger partial charge is 0.0893 e. The number of hydrogen-bond acceptors (Lipinski definition) is 5. The van der Waals surface area contributed by atoms with Gasteiger partial charge in [-0.25, -0.2) is 0 Å². The normalized spacial score (nSPS) is 10.7. The van der Waals surface area contributed by atoms with Gasteiger partial charge in [-0.2, -0.15) is 0 Å². The SMILES string of the molecule is Cc1ccsc1CCNCc1csnn1. The van der Waals surface area contributed by atoms with Gasteiger partial charge in [0.15, 0.2) is 0 Å². The van der Waals surface area contributed by atoms with Gasteiger partial charge in [0.05, 0.1) is 5.69 Å². The molecular formula is C10H13N3S2. The van der Waals surface area contributed by atoms with Crippen LogP contribution in [0.2, 0.25) is 0 Å². The molecule has 0 bridgehead atoms. The molecule has 0 radical (unpaired) electrons. The lowest BCUT2D eigenvalue weighted by Crippen LogP contribution is -2.16. The third kappa shape index (κ3) is 3.09. The van der Waals surface area contributed by atoms with Gasteiger partial charge in [-0.15, -0.1) is 16.4 Å². The van der Waals surface area contributed by atoms with E-state index in [0.717, 1.165) is 25.2 Å². The first-order chi connectivity index (χ1) is 7.36. The van der Waals surface area contributed by atoms with Crippen molar-refractivity contribution in [3.05, 3.63) is 33.0 Å². The number of thiophene rings is 1. The van der Waals surface area contributed by atoms with Gasteiger partial charge in [-0.1, -0.05) is 4.49 Å². The molecular weight excluding hydrogens is 226 g/mol. The van der Waals surface area contributed by atoms with E-state index < -0.39 is 0 Å². The number of aryl methyl sites for hydroxylation is 1. The zero-order valence-corrected chi connectivity index (χ0v) is 10.2. The Balaban J connectivity index is 1.70. The van der Waals surface area contributed by atoms with Crippen LogP contribution in [-0.4, -0.2) is 16.1 Å². The maximum atomic E-state index is 3.98. The second kappa shape index (κ2) is 5.34. The second-order valence-electron chi connectivity index (χ2n) is 3.35. The van der Waals surface area contributed by atoms with Crippen molar-refractivity contribution in [1.29, 1.82) is 0 Å². The number of nitrogens with one attached hydrogen (secondary N) is 1. The number of aromatic nitrogens is 2. The van der Waals surface area contributed by atoms with Crippen LogP contribution in [0.3, 0.4) is 0 Å². The summed E-state index contributed by atoms with van der Waals surface area (Å²) in [6.45, 7) is 3.98.